The number of hydrogen-bond donors (Lipinski definition) is 1. The molecule has 0 bridgehead atoms. The number of nitrogens with zero attached hydrogens (tertiary/aromatic N) is 3. The maximum absolute atomic E-state index is 11.9. The number of anilines is 1. The molecule has 4 rings (SSSR count). The second-order valence-electron chi connectivity index (χ2n) is 8.30. The van der Waals surface area contributed by atoms with Crippen LogP contribution in [0.15, 0.2) is 42.5 Å². The average molecular weight is 442 g/mol. The summed E-state index contributed by atoms with van der Waals surface area (Å²) in [5.41, 5.74) is 4.52. The number of amides is 1. The molecule has 3 aromatic rings. The Bertz CT molecular complexity index is 1220. The van der Waals surface area contributed by atoms with Crippen molar-refractivity contribution < 1.29 is 18.3 Å². The monoisotopic (exact) mass is 441 g/mol. The van der Waals surface area contributed by atoms with E-state index in [0.717, 1.165) is 40.8 Å². The zero-order chi connectivity index (χ0) is 22.2. The van der Waals surface area contributed by atoms with Crippen LogP contribution in [0, 0.1) is 0 Å². The standard InChI is InChI=1S/C23H27N3O4S/c1-16-9-10-18-19(26(16)23(27)28)11-12-20-22(18)24-21(15-17-7-4-3-5-8-17)25(20)13-6-14-31(2,29)30/h3-5,7-8,11-12,16H,6,9-10,13-15H2,1-2H3,(H,27,28)/t16-/m0/s1. The Morgan fingerprint density at radius 3 is 2.61 bits per heavy atom. The highest BCUT2D eigenvalue weighted by atomic mass is 32.2. The third kappa shape index (κ3) is 4.44. The predicted molar refractivity (Wildman–Crippen MR) is 122 cm³/mol. The molecule has 2 heterocycles. The maximum Gasteiger partial charge on any atom is 0.412 e. The second kappa shape index (κ2) is 8.34. The molecule has 31 heavy (non-hydrogen) atoms. The highest BCUT2D eigenvalue weighted by molar-refractivity contribution is 7.90. The number of imidazole rings is 1. The lowest BCUT2D eigenvalue weighted by molar-refractivity contribution is 0.198. The van der Waals surface area contributed by atoms with Gasteiger partial charge >= 0.3 is 6.09 Å². The minimum atomic E-state index is -3.05. The van der Waals surface area contributed by atoms with Gasteiger partial charge in [0.1, 0.15) is 15.7 Å². The van der Waals surface area contributed by atoms with Crippen molar-refractivity contribution in [2.24, 2.45) is 0 Å². The van der Waals surface area contributed by atoms with Crippen LogP contribution in [0.1, 0.15) is 36.7 Å². The number of hydrogen-bond acceptors (Lipinski definition) is 4. The van der Waals surface area contributed by atoms with E-state index in [0.29, 0.717) is 25.1 Å². The first-order valence-electron chi connectivity index (χ1n) is 10.5. The Kier molecular flexibility index (Phi) is 5.75. The van der Waals surface area contributed by atoms with Crippen molar-refractivity contribution >= 4 is 32.7 Å². The number of benzene rings is 2. The molecule has 0 fully saturated rings. The second-order valence-corrected chi connectivity index (χ2v) is 10.6. The van der Waals surface area contributed by atoms with Gasteiger partial charge in [-0.2, -0.15) is 0 Å². The quantitative estimate of drug-likeness (QED) is 0.627. The van der Waals surface area contributed by atoms with E-state index in [9.17, 15) is 18.3 Å². The number of fused-ring (bicyclic) bond motifs is 3. The van der Waals surface area contributed by atoms with Gasteiger partial charge in [0, 0.05) is 30.8 Å². The Labute approximate surface area is 182 Å². The first kappa shape index (κ1) is 21.4. The van der Waals surface area contributed by atoms with Crippen LogP contribution in [0.5, 0.6) is 0 Å². The van der Waals surface area contributed by atoms with E-state index >= 15 is 0 Å². The molecule has 0 aliphatic carbocycles. The van der Waals surface area contributed by atoms with Gasteiger partial charge in [-0.3, -0.25) is 4.90 Å². The molecule has 1 atom stereocenters. The number of sulfone groups is 1. The van der Waals surface area contributed by atoms with Gasteiger partial charge in [0.2, 0.25) is 0 Å². The Balaban J connectivity index is 1.80. The van der Waals surface area contributed by atoms with Crippen molar-refractivity contribution in [3.05, 3.63) is 59.4 Å². The van der Waals surface area contributed by atoms with Crippen LogP contribution in [0.2, 0.25) is 0 Å². The Morgan fingerprint density at radius 1 is 1.19 bits per heavy atom. The molecule has 164 valence electrons. The third-order valence-electron chi connectivity index (χ3n) is 5.90. The molecular formula is C23H27N3O4S. The summed E-state index contributed by atoms with van der Waals surface area (Å²) in [7, 11) is -3.05. The molecule has 8 heteroatoms. The van der Waals surface area contributed by atoms with Gasteiger partial charge in [0.25, 0.3) is 0 Å². The molecule has 0 saturated carbocycles. The average Bonchev–Trinajstić information content (AvgIpc) is 3.04. The number of aromatic nitrogens is 2. The molecule has 0 spiro atoms. The highest BCUT2D eigenvalue weighted by Crippen LogP contribution is 2.36. The first-order chi connectivity index (χ1) is 14.7. The normalized spacial score (nSPS) is 16.5. The molecule has 0 radical (unpaired) electrons. The summed E-state index contributed by atoms with van der Waals surface area (Å²) in [5, 5.41) is 9.72. The summed E-state index contributed by atoms with van der Waals surface area (Å²) in [6.07, 6.45) is 2.94. The van der Waals surface area contributed by atoms with Gasteiger partial charge in [0.15, 0.2) is 0 Å². The van der Waals surface area contributed by atoms with Crippen LogP contribution in [-0.2, 0) is 29.2 Å². The number of carboxylic acid groups (broad SMARTS) is 1. The van der Waals surface area contributed by atoms with Gasteiger partial charge in [0.05, 0.1) is 22.5 Å². The summed E-state index contributed by atoms with van der Waals surface area (Å²) in [6.45, 7) is 2.47. The van der Waals surface area contributed by atoms with Crippen LogP contribution in [0.25, 0.3) is 11.0 Å². The minimum absolute atomic E-state index is 0.0805. The molecule has 1 aliphatic rings. The van der Waals surface area contributed by atoms with Crippen molar-refractivity contribution in [3.63, 3.8) is 0 Å². The summed E-state index contributed by atoms with van der Waals surface area (Å²) >= 11 is 0. The van der Waals surface area contributed by atoms with Crippen LogP contribution in [0.4, 0.5) is 10.5 Å². The molecule has 2 aromatic carbocycles. The fourth-order valence-electron chi connectivity index (χ4n) is 4.42. The van der Waals surface area contributed by atoms with Gasteiger partial charge in [-0.25, -0.2) is 18.2 Å². The summed E-state index contributed by atoms with van der Waals surface area (Å²) < 4.78 is 25.4. The van der Waals surface area contributed by atoms with Crippen LogP contribution < -0.4 is 4.90 Å². The van der Waals surface area contributed by atoms with E-state index in [1.54, 1.807) is 0 Å². The van der Waals surface area contributed by atoms with Crippen LogP contribution >= 0.6 is 0 Å². The van der Waals surface area contributed by atoms with E-state index in [4.69, 9.17) is 4.98 Å². The van der Waals surface area contributed by atoms with Crippen molar-refractivity contribution in [2.75, 3.05) is 16.9 Å². The number of carbonyl (C=O) groups is 1. The van der Waals surface area contributed by atoms with Crippen molar-refractivity contribution in [2.45, 2.75) is 45.2 Å². The van der Waals surface area contributed by atoms with Crippen molar-refractivity contribution in [3.8, 4) is 0 Å². The Hall–Kier alpha value is -2.87. The fourth-order valence-corrected chi connectivity index (χ4v) is 5.07. The van der Waals surface area contributed by atoms with Crippen LogP contribution in [-0.4, -0.2) is 47.2 Å². The van der Waals surface area contributed by atoms with Gasteiger partial charge in [-0.1, -0.05) is 30.3 Å². The first-order valence-corrected chi connectivity index (χ1v) is 12.6. The number of rotatable bonds is 6. The molecule has 0 unspecified atom stereocenters. The third-order valence-corrected chi connectivity index (χ3v) is 6.93. The van der Waals surface area contributed by atoms with E-state index in [2.05, 4.69) is 4.57 Å². The van der Waals surface area contributed by atoms with Crippen LogP contribution in [0.3, 0.4) is 0 Å². The lowest BCUT2D eigenvalue weighted by Crippen LogP contribution is -2.41. The predicted octanol–water partition coefficient (Wildman–Crippen LogP) is 3.88. The SMILES string of the molecule is C[C@H]1CCc2c(ccc3c2nc(Cc2ccccc2)n3CCCS(C)(=O)=O)N1C(=O)O. The fraction of sp³-hybridized carbons (Fsp3) is 0.391. The zero-order valence-corrected chi connectivity index (χ0v) is 18.6. The lowest BCUT2D eigenvalue weighted by Gasteiger charge is -2.33. The van der Waals surface area contributed by atoms with Gasteiger partial charge in [-0.05, 0) is 43.9 Å². The van der Waals surface area contributed by atoms with E-state index < -0.39 is 15.9 Å². The molecule has 1 aromatic heterocycles. The van der Waals surface area contributed by atoms with Gasteiger partial charge < -0.3 is 9.67 Å². The summed E-state index contributed by atoms with van der Waals surface area (Å²) in [4.78, 5) is 18.2. The summed E-state index contributed by atoms with van der Waals surface area (Å²) in [6, 6.07) is 13.7. The molecule has 1 amide bonds. The molecule has 0 saturated heterocycles. The van der Waals surface area contributed by atoms with E-state index in [1.807, 2.05) is 49.4 Å². The zero-order valence-electron chi connectivity index (χ0n) is 17.8. The van der Waals surface area contributed by atoms with E-state index in [-0.39, 0.29) is 11.8 Å². The molecule has 1 N–H and O–H groups in total. The number of aryl methyl sites for hydroxylation is 2. The Morgan fingerprint density at radius 2 is 1.94 bits per heavy atom. The topological polar surface area (TPSA) is 92.5 Å². The van der Waals surface area contributed by atoms with Crippen molar-refractivity contribution in [1.82, 2.24) is 9.55 Å². The summed E-state index contributed by atoms with van der Waals surface area (Å²) in [5.74, 6) is 0.982. The van der Waals surface area contributed by atoms with Crippen molar-refractivity contribution in [1.29, 1.82) is 0 Å². The smallest absolute Gasteiger partial charge is 0.412 e. The molecule has 7 nitrogen and oxygen atoms in total. The lowest BCUT2D eigenvalue weighted by atomic mass is 9.96. The molecular weight excluding hydrogens is 414 g/mol. The molecule has 1 aliphatic heterocycles. The van der Waals surface area contributed by atoms with Gasteiger partial charge in [-0.15, -0.1) is 0 Å². The maximum atomic E-state index is 11.9. The highest BCUT2D eigenvalue weighted by Gasteiger charge is 2.30. The largest absolute Gasteiger partial charge is 0.465 e. The van der Waals surface area contributed by atoms with E-state index in [1.165, 1.54) is 11.2 Å². The minimum Gasteiger partial charge on any atom is -0.465 e.